The minimum absolute atomic E-state index is 0.102. The fourth-order valence-corrected chi connectivity index (χ4v) is 1.43. The van der Waals surface area contributed by atoms with Gasteiger partial charge in [-0.1, -0.05) is 0 Å². The van der Waals surface area contributed by atoms with E-state index in [1.54, 1.807) is 22.6 Å². The average molecular weight is 292 g/mol. The third kappa shape index (κ3) is 2.12. The molecule has 0 bridgehead atoms. The Labute approximate surface area is 88.3 Å². The van der Waals surface area contributed by atoms with Crippen LogP contribution in [0.15, 0.2) is 12.1 Å². The van der Waals surface area contributed by atoms with Gasteiger partial charge in [-0.3, -0.25) is 9.59 Å². The monoisotopic (exact) mass is 292 g/mol. The van der Waals surface area contributed by atoms with Crippen molar-refractivity contribution in [3.05, 3.63) is 32.6 Å². The second-order valence-electron chi connectivity index (χ2n) is 2.53. The van der Waals surface area contributed by atoms with Crippen LogP contribution in [-0.4, -0.2) is 12.1 Å². The van der Waals surface area contributed by atoms with Gasteiger partial charge in [0.05, 0.1) is 0 Å². The first kappa shape index (κ1) is 10.3. The molecule has 0 amide bonds. The molecule has 0 saturated heterocycles. The first-order valence-corrected chi connectivity index (χ1v) is 4.59. The van der Waals surface area contributed by atoms with E-state index in [1.807, 2.05) is 0 Å². The number of halogens is 2. The van der Waals surface area contributed by atoms with Gasteiger partial charge in [0.2, 0.25) is 0 Å². The van der Waals surface area contributed by atoms with Crippen molar-refractivity contribution in [2.45, 2.75) is 6.92 Å². The highest BCUT2D eigenvalue weighted by Gasteiger charge is 2.10. The molecule has 0 radical (unpaired) electrons. The summed E-state index contributed by atoms with van der Waals surface area (Å²) >= 11 is 1.77. The van der Waals surface area contributed by atoms with Gasteiger partial charge in [0.15, 0.2) is 12.1 Å². The summed E-state index contributed by atoms with van der Waals surface area (Å²) in [5.41, 5.74) is 0.367. The van der Waals surface area contributed by atoms with Crippen molar-refractivity contribution in [3.8, 4) is 0 Å². The molecule has 0 unspecified atom stereocenters. The Hall–Kier alpha value is -0.780. The maximum Gasteiger partial charge on any atom is 0.160 e. The van der Waals surface area contributed by atoms with E-state index in [4.69, 9.17) is 0 Å². The Bertz CT molecular complexity index is 374. The third-order valence-corrected chi connectivity index (χ3v) is 2.43. The molecule has 0 aliphatic rings. The average Bonchev–Trinajstić information content (AvgIpc) is 2.08. The lowest BCUT2D eigenvalue weighted by Gasteiger charge is -2.01. The Morgan fingerprint density at radius 1 is 1.54 bits per heavy atom. The topological polar surface area (TPSA) is 34.1 Å². The largest absolute Gasteiger partial charge is 0.298 e. The molecule has 13 heavy (non-hydrogen) atoms. The van der Waals surface area contributed by atoms with Crippen LogP contribution in [0.5, 0.6) is 0 Å². The van der Waals surface area contributed by atoms with Gasteiger partial charge in [0, 0.05) is 14.7 Å². The Kier molecular flexibility index (Phi) is 3.13. The zero-order valence-electron chi connectivity index (χ0n) is 6.80. The molecule has 1 aromatic rings. The predicted octanol–water partition coefficient (Wildman–Crippen LogP) is 2.45. The van der Waals surface area contributed by atoms with Gasteiger partial charge >= 0.3 is 0 Å². The summed E-state index contributed by atoms with van der Waals surface area (Å²) in [6.45, 7) is 1.34. The van der Waals surface area contributed by atoms with E-state index in [0.717, 1.165) is 6.07 Å². The Balaban J connectivity index is 3.41. The molecule has 0 fully saturated rings. The van der Waals surface area contributed by atoms with E-state index < -0.39 is 5.82 Å². The van der Waals surface area contributed by atoms with Crippen molar-refractivity contribution < 1.29 is 14.0 Å². The number of carbonyl (C=O) groups is 2. The van der Waals surface area contributed by atoms with Gasteiger partial charge in [0.1, 0.15) is 5.82 Å². The second kappa shape index (κ2) is 3.95. The van der Waals surface area contributed by atoms with E-state index in [0.29, 0.717) is 9.86 Å². The fourth-order valence-electron chi connectivity index (χ4n) is 0.965. The molecule has 0 spiro atoms. The maximum absolute atomic E-state index is 12.9. The Morgan fingerprint density at radius 3 is 2.62 bits per heavy atom. The number of hydrogen-bond acceptors (Lipinski definition) is 2. The molecule has 1 rings (SSSR count). The van der Waals surface area contributed by atoms with Crippen molar-refractivity contribution >= 4 is 34.7 Å². The number of carbonyl (C=O) groups excluding carboxylic acids is 2. The van der Waals surface area contributed by atoms with Gasteiger partial charge in [0.25, 0.3) is 0 Å². The molecular formula is C9H6FIO2. The fraction of sp³-hybridized carbons (Fsp3) is 0.111. The van der Waals surface area contributed by atoms with Gasteiger partial charge < -0.3 is 0 Å². The Morgan fingerprint density at radius 2 is 2.15 bits per heavy atom. The van der Waals surface area contributed by atoms with Crippen LogP contribution in [0.3, 0.4) is 0 Å². The molecule has 1 aromatic carbocycles. The number of benzene rings is 1. The number of Topliss-reactive ketones (excluding diaryl/α,β-unsaturated/α-hetero) is 1. The molecule has 0 aliphatic carbocycles. The number of rotatable bonds is 2. The predicted molar refractivity (Wildman–Crippen MR) is 54.5 cm³/mol. The van der Waals surface area contributed by atoms with Crippen molar-refractivity contribution in [2.75, 3.05) is 0 Å². The highest BCUT2D eigenvalue weighted by molar-refractivity contribution is 14.1. The summed E-state index contributed by atoms with van der Waals surface area (Å²) in [5, 5.41) is 0. The normalized spacial score (nSPS) is 9.77. The van der Waals surface area contributed by atoms with Crippen LogP contribution in [0.1, 0.15) is 27.6 Å². The number of hydrogen-bond donors (Lipinski definition) is 0. The highest BCUT2D eigenvalue weighted by Crippen LogP contribution is 2.17. The molecule has 2 nitrogen and oxygen atoms in total. The number of aldehydes is 1. The van der Waals surface area contributed by atoms with E-state index >= 15 is 0 Å². The van der Waals surface area contributed by atoms with Gasteiger partial charge in [-0.2, -0.15) is 0 Å². The summed E-state index contributed by atoms with van der Waals surface area (Å²) in [6.07, 6.45) is 0.482. The highest BCUT2D eigenvalue weighted by atomic mass is 127. The summed E-state index contributed by atoms with van der Waals surface area (Å²) in [6, 6.07) is 2.45. The van der Waals surface area contributed by atoms with Crippen molar-refractivity contribution in [2.24, 2.45) is 0 Å². The molecule has 0 saturated carbocycles. The van der Waals surface area contributed by atoms with Crippen molar-refractivity contribution in [1.82, 2.24) is 0 Å². The van der Waals surface area contributed by atoms with Crippen LogP contribution in [0.25, 0.3) is 0 Å². The second-order valence-corrected chi connectivity index (χ2v) is 3.69. The van der Waals surface area contributed by atoms with Crippen molar-refractivity contribution in [3.63, 3.8) is 0 Å². The molecule has 4 heteroatoms. The van der Waals surface area contributed by atoms with Crippen LogP contribution in [0.2, 0.25) is 0 Å². The molecule has 0 atom stereocenters. The SMILES string of the molecule is CC(=O)c1cc(I)c(F)cc1C=O. The summed E-state index contributed by atoms with van der Waals surface area (Å²) in [4.78, 5) is 21.5. The van der Waals surface area contributed by atoms with Crippen LogP contribution in [0, 0.1) is 9.39 Å². The van der Waals surface area contributed by atoms with E-state index in [2.05, 4.69) is 0 Å². The van der Waals surface area contributed by atoms with Crippen LogP contribution in [-0.2, 0) is 0 Å². The minimum atomic E-state index is -0.479. The van der Waals surface area contributed by atoms with E-state index in [1.165, 1.54) is 13.0 Å². The van der Waals surface area contributed by atoms with Crippen LogP contribution >= 0.6 is 22.6 Å². The van der Waals surface area contributed by atoms with Crippen molar-refractivity contribution in [1.29, 1.82) is 0 Å². The van der Waals surface area contributed by atoms with E-state index in [9.17, 15) is 14.0 Å². The van der Waals surface area contributed by atoms with Crippen LogP contribution < -0.4 is 0 Å². The number of ketones is 1. The molecular weight excluding hydrogens is 286 g/mol. The molecule has 0 aliphatic heterocycles. The molecule has 0 N–H and O–H groups in total. The van der Waals surface area contributed by atoms with E-state index in [-0.39, 0.29) is 16.9 Å². The quantitative estimate of drug-likeness (QED) is 0.476. The molecule has 0 aromatic heterocycles. The standard InChI is InChI=1S/C9H6FIO2/c1-5(13)7-3-9(11)8(10)2-6(7)4-12/h2-4H,1H3. The molecule has 0 heterocycles. The first-order chi connectivity index (χ1) is 6.06. The summed E-state index contributed by atoms with van der Waals surface area (Å²) in [5.74, 6) is -0.715. The lowest BCUT2D eigenvalue weighted by atomic mass is 10.1. The van der Waals surface area contributed by atoms with Gasteiger partial charge in [-0.15, -0.1) is 0 Å². The van der Waals surface area contributed by atoms with Crippen LogP contribution in [0.4, 0.5) is 4.39 Å². The summed E-state index contributed by atoms with van der Waals surface area (Å²) < 4.78 is 13.3. The zero-order chi connectivity index (χ0) is 10.0. The maximum atomic E-state index is 12.9. The zero-order valence-corrected chi connectivity index (χ0v) is 8.96. The lowest BCUT2D eigenvalue weighted by molar-refractivity contribution is 0.100. The smallest absolute Gasteiger partial charge is 0.160 e. The van der Waals surface area contributed by atoms with Gasteiger partial charge in [-0.25, -0.2) is 4.39 Å². The summed E-state index contributed by atoms with van der Waals surface area (Å²) in [7, 11) is 0. The molecule has 68 valence electrons. The first-order valence-electron chi connectivity index (χ1n) is 3.51. The third-order valence-electron chi connectivity index (χ3n) is 1.60. The lowest BCUT2D eigenvalue weighted by Crippen LogP contribution is -2.01. The minimum Gasteiger partial charge on any atom is -0.298 e. The van der Waals surface area contributed by atoms with Gasteiger partial charge in [-0.05, 0) is 41.6 Å².